The van der Waals surface area contributed by atoms with Crippen LogP contribution in [0.3, 0.4) is 0 Å². The van der Waals surface area contributed by atoms with Crippen molar-refractivity contribution in [2.45, 2.75) is 70.6 Å². The van der Waals surface area contributed by atoms with Crippen LogP contribution in [0.2, 0.25) is 0 Å². The van der Waals surface area contributed by atoms with Gasteiger partial charge in [0.1, 0.15) is 0 Å². The number of fused-ring (bicyclic) bond motifs is 5. The molecule has 0 saturated heterocycles. The number of para-hydroxylation sites is 3. The number of benzene rings is 8. The molecule has 8 aromatic carbocycles. The van der Waals surface area contributed by atoms with Gasteiger partial charge in [0.05, 0.1) is 0 Å². The first kappa shape index (κ1) is 45.3. The number of hydrogen-bond acceptors (Lipinski definition) is 3. The molecule has 0 atom stereocenters. The molecule has 1 aliphatic carbocycles. The molecular weight excluding hydrogens is 1070 g/mol. The molecule has 0 bridgehead atoms. The molecule has 6 nitrogen and oxygen atoms in total. The van der Waals surface area contributed by atoms with Crippen LogP contribution in [0.15, 0.2) is 188 Å². The summed E-state index contributed by atoms with van der Waals surface area (Å²) in [6.07, 6.45) is 9.21. The first-order valence-corrected chi connectivity index (χ1v) is 26.9. The van der Waals surface area contributed by atoms with E-state index in [9.17, 15) is 0 Å². The number of nitrogens with zero attached hydrogens (tertiary/aromatic N) is 5. The summed E-state index contributed by atoms with van der Waals surface area (Å²) in [5.74, 6) is 2.69. The molecule has 4 heterocycles. The average molecular weight is 1130 g/mol. The first-order chi connectivity index (χ1) is 35.8. The summed E-state index contributed by atoms with van der Waals surface area (Å²) in [6.45, 7) is 7.56. The van der Waals surface area contributed by atoms with Gasteiger partial charge in [-0.3, -0.25) is 0 Å². The third-order valence-corrected chi connectivity index (χ3v) is 16.2. The fourth-order valence-electron chi connectivity index (χ4n) is 11.6. The minimum atomic E-state index is -0.0444. The van der Waals surface area contributed by atoms with E-state index < -0.39 is 0 Å². The summed E-state index contributed by atoms with van der Waals surface area (Å²) in [7, 11) is 0. The van der Waals surface area contributed by atoms with Crippen molar-refractivity contribution in [2.24, 2.45) is 0 Å². The monoisotopic (exact) mass is 1130 g/mol. The maximum atomic E-state index is 7.03. The summed E-state index contributed by atoms with van der Waals surface area (Å²) in [6, 6.07) is 73.5. The third-order valence-electron chi connectivity index (χ3n) is 15.2. The van der Waals surface area contributed by atoms with Gasteiger partial charge in [0.2, 0.25) is 0 Å². The van der Waals surface area contributed by atoms with Crippen molar-refractivity contribution < 1.29 is 24.1 Å². The van der Waals surface area contributed by atoms with E-state index >= 15 is 0 Å². The zero-order valence-corrected chi connectivity index (χ0v) is 43.7. The quantitative estimate of drug-likeness (QED) is 0.142. The molecule has 1 aliphatic heterocycles. The Labute approximate surface area is 438 Å². The number of ether oxygens (including phenoxy) is 1. The summed E-state index contributed by atoms with van der Waals surface area (Å²) < 4.78 is 15.2. The van der Waals surface area contributed by atoms with Crippen LogP contribution in [0.5, 0.6) is 11.5 Å². The average Bonchev–Trinajstić information content (AvgIpc) is 3.91. The number of imidazole rings is 1. The number of hydrogen-bond donors (Lipinski definition) is 0. The molecule has 7 heteroatoms. The Morgan fingerprint density at radius 1 is 0.603 bits per heavy atom. The predicted molar refractivity (Wildman–Crippen MR) is 295 cm³/mol. The van der Waals surface area contributed by atoms with Crippen molar-refractivity contribution in [3.05, 3.63) is 221 Å². The number of anilines is 2. The maximum absolute atomic E-state index is 7.03. The fraction of sp³-hybridized carbons (Fsp3) is 0.182. The zero-order valence-electron chi connectivity index (χ0n) is 41.4. The predicted octanol–water partition coefficient (Wildman–Crippen LogP) is 16.8. The Morgan fingerprint density at radius 2 is 1.29 bits per heavy atom. The van der Waals surface area contributed by atoms with Gasteiger partial charge in [0.15, 0.2) is 0 Å². The molecule has 0 spiro atoms. The van der Waals surface area contributed by atoms with E-state index in [1.807, 2.05) is 6.20 Å². The van der Waals surface area contributed by atoms with Crippen molar-refractivity contribution in [1.29, 1.82) is 0 Å². The van der Waals surface area contributed by atoms with E-state index in [2.05, 4.69) is 253 Å². The molecule has 0 amide bonds. The van der Waals surface area contributed by atoms with Gasteiger partial charge in [-0.15, -0.1) is 0 Å². The first-order valence-electron chi connectivity index (χ1n) is 25.8. The van der Waals surface area contributed by atoms with Crippen molar-refractivity contribution in [3.63, 3.8) is 0 Å². The number of rotatable bonds is 8. The van der Waals surface area contributed by atoms with Gasteiger partial charge in [0.25, 0.3) is 0 Å². The van der Waals surface area contributed by atoms with E-state index in [0.717, 1.165) is 95.0 Å². The minimum absolute atomic E-state index is 0.0444. The van der Waals surface area contributed by atoms with Crippen LogP contribution in [0.1, 0.15) is 75.5 Å². The Kier molecular flexibility index (Phi) is 11.5. The molecular formula is C66H55N5OPt-2. The number of aromatic nitrogens is 4. The van der Waals surface area contributed by atoms with Crippen molar-refractivity contribution >= 4 is 44.2 Å². The van der Waals surface area contributed by atoms with Crippen LogP contribution >= 0.6 is 0 Å². The summed E-state index contributed by atoms with van der Waals surface area (Å²) in [5, 5.41) is 2.36. The van der Waals surface area contributed by atoms with Crippen molar-refractivity contribution in [3.8, 4) is 50.9 Å². The molecule has 0 radical (unpaired) electrons. The molecule has 362 valence electrons. The van der Waals surface area contributed by atoms with Crippen molar-refractivity contribution in [2.75, 3.05) is 11.4 Å². The molecule has 11 aromatic rings. The number of pyridine rings is 1. The van der Waals surface area contributed by atoms with E-state index in [0.29, 0.717) is 17.4 Å². The van der Waals surface area contributed by atoms with Crippen LogP contribution in [-0.4, -0.2) is 25.2 Å². The summed E-state index contributed by atoms with van der Waals surface area (Å²) in [5.41, 5.74) is 17.1. The normalized spacial score (nSPS) is 14.1. The van der Waals surface area contributed by atoms with Gasteiger partial charge < -0.3 is 0 Å². The third kappa shape index (κ3) is 8.08. The van der Waals surface area contributed by atoms with Gasteiger partial charge in [-0.1, -0.05) is 46.1 Å². The second-order valence-corrected chi connectivity index (χ2v) is 21.7. The van der Waals surface area contributed by atoms with E-state index in [4.69, 9.17) is 9.72 Å². The van der Waals surface area contributed by atoms with Crippen LogP contribution < -0.4 is 9.64 Å². The van der Waals surface area contributed by atoms with Gasteiger partial charge >= 0.3 is 347 Å². The Morgan fingerprint density at radius 3 is 2.01 bits per heavy atom. The second kappa shape index (κ2) is 18.5. The SMILES string of the molecule is CC(C)(C)c1ccnc(-n2c3[c-]c(Oc4[c-]c5c(cc4)N(c4ccccc4)CCc4cccc6c4n-5[c](=[Pt])n6-c4c(-c5ccccc5)cccc4-c4ccccc4)ccc3c3cc(C4CCCCC4)ccc32)c1. The second-order valence-electron chi connectivity index (χ2n) is 20.7. The molecule has 13 rings (SSSR count). The molecule has 0 N–H and O–H groups in total. The van der Waals surface area contributed by atoms with Crippen LogP contribution in [-0.2, 0) is 31.2 Å². The van der Waals surface area contributed by atoms with Gasteiger partial charge in [-0.25, -0.2) is 0 Å². The van der Waals surface area contributed by atoms with Gasteiger partial charge in [-0.2, -0.15) is 0 Å². The zero-order chi connectivity index (χ0) is 49.2. The van der Waals surface area contributed by atoms with Crippen molar-refractivity contribution in [1.82, 2.24) is 18.7 Å². The Bertz CT molecular complexity index is 3870. The Hall–Kier alpha value is -7.53. The molecule has 73 heavy (non-hydrogen) atoms. The van der Waals surface area contributed by atoms with E-state index in [-0.39, 0.29) is 5.41 Å². The molecule has 0 unspecified atom stereocenters. The van der Waals surface area contributed by atoms with E-state index in [1.54, 1.807) is 0 Å². The van der Waals surface area contributed by atoms with Crippen LogP contribution in [0, 0.1) is 15.9 Å². The van der Waals surface area contributed by atoms with Gasteiger partial charge in [0, 0.05) is 6.20 Å². The van der Waals surface area contributed by atoms with E-state index in [1.165, 1.54) is 54.2 Å². The standard InChI is InChI=1S/C66H55N5O.Pt/c1-66(2,3)50-36-38-67-63(41-50)71-58-34-30-49(45-18-8-4-9-19-45)40-57(58)56-33-31-52(42-61(56)71)72-53-32-35-59-62(43-53)70-44-69(60-29-16-24-48(64(60)70)37-39-68(59)51-25-14-7-15-26-51)65-54(46-20-10-5-11-21-46)27-17-28-55(65)47-22-12-6-13-23-47;/h5-7,10-17,20-36,38,40-41,45H,4,8-9,18-19,37,39H2,1-3H3;/q-2;. The molecule has 3 aromatic heterocycles. The molecule has 1 saturated carbocycles. The topological polar surface area (TPSA) is 40.1 Å². The van der Waals surface area contributed by atoms with Crippen LogP contribution in [0.4, 0.5) is 11.4 Å². The summed E-state index contributed by atoms with van der Waals surface area (Å²) >= 11 is 2.56. The fourth-order valence-corrected chi connectivity index (χ4v) is 12.6. The summed E-state index contributed by atoms with van der Waals surface area (Å²) in [4.78, 5) is 7.45. The molecule has 1 fully saturated rings. The Balaban J connectivity index is 1.01. The van der Waals surface area contributed by atoms with Crippen LogP contribution in [0.25, 0.3) is 72.3 Å². The van der Waals surface area contributed by atoms with Gasteiger partial charge in [-0.05, 0) is 41.4 Å². The molecule has 2 aliphatic rings.